The molecule has 8 heteroatoms. The van der Waals surface area contributed by atoms with Gasteiger partial charge < -0.3 is 5.32 Å². The molecule has 0 aliphatic rings. The van der Waals surface area contributed by atoms with Gasteiger partial charge in [0.25, 0.3) is 5.56 Å². The van der Waals surface area contributed by atoms with Crippen molar-refractivity contribution < 1.29 is 9.18 Å². The minimum Gasteiger partial charge on any atom is -0.348 e. The molecule has 4 aromatic rings. The number of carbonyl (C=O) groups excluding carboxylic acids is 1. The number of nitrogens with one attached hydrogen (secondary N) is 1. The second kappa shape index (κ2) is 8.80. The van der Waals surface area contributed by atoms with Crippen molar-refractivity contribution in [3.8, 4) is 5.69 Å². The van der Waals surface area contributed by atoms with Crippen molar-refractivity contribution in [2.75, 3.05) is 0 Å². The molecule has 0 spiro atoms. The van der Waals surface area contributed by atoms with E-state index in [2.05, 4.69) is 5.32 Å². The summed E-state index contributed by atoms with van der Waals surface area (Å²) in [6.45, 7) is 1.45. The predicted molar refractivity (Wildman–Crippen MR) is 122 cm³/mol. The van der Waals surface area contributed by atoms with E-state index in [1.54, 1.807) is 0 Å². The molecular weight excluding hydrogens is 433 g/mol. The minimum absolute atomic E-state index is 0.140. The van der Waals surface area contributed by atoms with E-state index in [9.17, 15) is 18.8 Å². The second-order valence-electron chi connectivity index (χ2n) is 7.32. The highest BCUT2D eigenvalue weighted by Crippen LogP contribution is 2.18. The Morgan fingerprint density at radius 1 is 1.03 bits per heavy atom. The van der Waals surface area contributed by atoms with Crippen molar-refractivity contribution in [2.24, 2.45) is 0 Å². The van der Waals surface area contributed by atoms with Gasteiger partial charge in [-0.2, -0.15) is 0 Å². The van der Waals surface area contributed by atoms with Crippen molar-refractivity contribution in [3.05, 3.63) is 110 Å². The Kier molecular flexibility index (Phi) is 5.92. The SMILES string of the molecule is C[C@@H](NC(=O)Cn1c(=O)n(-c2ccccc2F)c(=O)c2ccc(Cl)cc21)c1ccccc1. The molecule has 32 heavy (non-hydrogen) atoms. The number of fused-ring (bicyclic) bond motifs is 1. The molecule has 1 atom stereocenters. The predicted octanol–water partition coefficient (Wildman–Crippen LogP) is 3.82. The fraction of sp³-hybridized carbons (Fsp3) is 0.125. The van der Waals surface area contributed by atoms with Gasteiger partial charge in [-0.05, 0) is 42.8 Å². The molecule has 0 fully saturated rings. The van der Waals surface area contributed by atoms with Crippen molar-refractivity contribution in [2.45, 2.75) is 19.5 Å². The first-order chi connectivity index (χ1) is 15.4. The van der Waals surface area contributed by atoms with Gasteiger partial charge >= 0.3 is 5.69 Å². The lowest BCUT2D eigenvalue weighted by atomic mass is 10.1. The molecule has 0 radical (unpaired) electrons. The van der Waals surface area contributed by atoms with E-state index < -0.39 is 23.0 Å². The fourth-order valence-corrected chi connectivity index (χ4v) is 3.76. The van der Waals surface area contributed by atoms with Gasteiger partial charge in [0, 0.05) is 5.02 Å². The largest absolute Gasteiger partial charge is 0.348 e. The van der Waals surface area contributed by atoms with Gasteiger partial charge in [0.2, 0.25) is 5.91 Å². The van der Waals surface area contributed by atoms with Crippen LogP contribution in [-0.4, -0.2) is 15.0 Å². The van der Waals surface area contributed by atoms with Crippen LogP contribution in [0.3, 0.4) is 0 Å². The first-order valence-electron chi connectivity index (χ1n) is 9.91. The monoisotopic (exact) mass is 451 g/mol. The van der Waals surface area contributed by atoms with Gasteiger partial charge in [-0.25, -0.2) is 13.8 Å². The number of amides is 1. The fourth-order valence-electron chi connectivity index (χ4n) is 3.59. The normalized spacial score (nSPS) is 12.0. The number of carbonyl (C=O) groups is 1. The highest BCUT2D eigenvalue weighted by Gasteiger charge is 2.19. The number of aromatic nitrogens is 2. The Morgan fingerprint density at radius 2 is 1.72 bits per heavy atom. The van der Waals surface area contributed by atoms with Crippen LogP contribution >= 0.6 is 11.6 Å². The Hall–Kier alpha value is -3.71. The number of nitrogens with zero attached hydrogens (tertiary/aromatic N) is 2. The number of benzene rings is 3. The molecule has 0 saturated carbocycles. The maximum Gasteiger partial charge on any atom is 0.336 e. The second-order valence-corrected chi connectivity index (χ2v) is 7.76. The average molecular weight is 452 g/mol. The molecule has 0 saturated heterocycles. The lowest BCUT2D eigenvalue weighted by molar-refractivity contribution is -0.122. The Bertz CT molecular complexity index is 1430. The topological polar surface area (TPSA) is 73.1 Å². The average Bonchev–Trinajstić information content (AvgIpc) is 2.78. The van der Waals surface area contributed by atoms with Crippen molar-refractivity contribution >= 4 is 28.4 Å². The highest BCUT2D eigenvalue weighted by atomic mass is 35.5. The summed E-state index contributed by atoms with van der Waals surface area (Å²) in [6, 6.07) is 18.9. The van der Waals surface area contributed by atoms with Crippen LogP contribution in [0.2, 0.25) is 5.02 Å². The molecule has 162 valence electrons. The molecule has 1 amide bonds. The van der Waals surface area contributed by atoms with E-state index >= 15 is 0 Å². The third-order valence-corrected chi connectivity index (χ3v) is 5.41. The molecule has 3 aromatic carbocycles. The van der Waals surface area contributed by atoms with Crippen LogP contribution in [0.1, 0.15) is 18.5 Å². The van der Waals surface area contributed by atoms with E-state index in [0.29, 0.717) is 5.02 Å². The van der Waals surface area contributed by atoms with Crippen LogP contribution in [0, 0.1) is 5.82 Å². The van der Waals surface area contributed by atoms with Gasteiger partial charge in [-0.15, -0.1) is 0 Å². The zero-order valence-corrected chi connectivity index (χ0v) is 17.8. The van der Waals surface area contributed by atoms with E-state index in [0.717, 1.165) is 20.8 Å². The molecule has 0 aliphatic heterocycles. The summed E-state index contributed by atoms with van der Waals surface area (Å²) in [5.41, 5.74) is -0.621. The summed E-state index contributed by atoms with van der Waals surface area (Å²) < 4.78 is 16.3. The quantitative estimate of drug-likeness (QED) is 0.501. The molecule has 1 aromatic heterocycles. The van der Waals surface area contributed by atoms with E-state index in [-0.39, 0.29) is 29.2 Å². The Morgan fingerprint density at radius 3 is 2.44 bits per heavy atom. The number of hydrogen-bond donors (Lipinski definition) is 1. The zero-order valence-electron chi connectivity index (χ0n) is 17.1. The maximum atomic E-state index is 14.4. The van der Waals surface area contributed by atoms with Gasteiger partial charge in [0.05, 0.1) is 22.6 Å². The standard InChI is InChI=1S/C24H19ClFN3O3/c1-15(16-7-3-2-4-8-16)27-22(30)14-28-21-13-17(25)11-12-18(21)23(31)29(24(28)32)20-10-6-5-9-19(20)26/h2-13,15H,14H2,1H3,(H,27,30)/t15-/m1/s1. The van der Waals surface area contributed by atoms with E-state index in [4.69, 9.17) is 11.6 Å². The maximum absolute atomic E-state index is 14.4. The Labute approximate surface area is 187 Å². The molecule has 0 bridgehead atoms. The van der Waals surface area contributed by atoms with Crippen LogP contribution < -0.4 is 16.6 Å². The summed E-state index contributed by atoms with van der Waals surface area (Å²) >= 11 is 6.09. The van der Waals surface area contributed by atoms with Crippen LogP contribution in [0.4, 0.5) is 4.39 Å². The van der Waals surface area contributed by atoms with Gasteiger partial charge in [0.1, 0.15) is 12.4 Å². The molecule has 4 rings (SSSR count). The van der Waals surface area contributed by atoms with Gasteiger partial charge in [0.15, 0.2) is 0 Å². The summed E-state index contributed by atoms with van der Waals surface area (Å²) in [4.78, 5) is 39.2. The van der Waals surface area contributed by atoms with Crippen LogP contribution in [-0.2, 0) is 11.3 Å². The molecular formula is C24H19ClFN3O3. The van der Waals surface area contributed by atoms with E-state index in [1.807, 2.05) is 37.3 Å². The molecule has 0 aliphatic carbocycles. The number of para-hydroxylation sites is 1. The number of rotatable bonds is 5. The third kappa shape index (κ3) is 4.07. The van der Waals surface area contributed by atoms with Crippen molar-refractivity contribution in [3.63, 3.8) is 0 Å². The summed E-state index contributed by atoms with van der Waals surface area (Å²) in [5.74, 6) is -1.17. The lowest BCUT2D eigenvalue weighted by Crippen LogP contribution is -2.42. The van der Waals surface area contributed by atoms with Crippen molar-refractivity contribution in [1.82, 2.24) is 14.5 Å². The van der Waals surface area contributed by atoms with Crippen molar-refractivity contribution in [1.29, 1.82) is 0 Å². The molecule has 0 unspecified atom stereocenters. The number of hydrogen-bond acceptors (Lipinski definition) is 3. The molecule has 1 N–H and O–H groups in total. The summed E-state index contributed by atoms with van der Waals surface area (Å²) in [7, 11) is 0. The number of halogens is 2. The third-order valence-electron chi connectivity index (χ3n) is 5.18. The lowest BCUT2D eigenvalue weighted by Gasteiger charge is -2.17. The van der Waals surface area contributed by atoms with Gasteiger partial charge in [-0.3, -0.25) is 14.2 Å². The summed E-state index contributed by atoms with van der Waals surface area (Å²) in [6.07, 6.45) is 0. The summed E-state index contributed by atoms with van der Waals surface area (Å²) in [5, 5.41) is 3.28. The van der Waals surface area contributed by atoms with E-state index in [1.165, 1.54) is 36.4 Å². The Balaban J connectivity index is 1.82. The zero-order chi connectivity index (χ0) is 22.8. The minimum atomic E-state index is -0.836. The molecule has 1 heterocycles. The van der Waals surface area contributed by atoms with Crippen LogP contribution in [0.15, 0.2) is 82.4 Å². The smallest absolute Gasteiger partial charge is 0.336 e. The highest BCUT2D eigenvalue weighted by molar-refractivity contribution is 6.31. The van der Waals surface area contributed by atoms with Crippen LogP contribution in [0.25, 0.3) is 16.6 Å². The first kappa shape index (κ1) is 21.5. The first-order valence-corrected chi connectivity index (χ1v) is 10.3. The molecule has 6 nitrogen and oxygen atoms in total. The van der Waals surface area contributed by atoms with Gasteiger partial charge in [-0.1, -0.05) is 54.1 Å². The van der Waals surface area contributed by atoms with Crippen LogP contribution in [0.5, 0.6) is 0 Å².